The van der Waals surface area contributed by atoms with Crippen LogP contribution in [0.15, 0.2) is 5.73 Å². The van der Waals surface area contributed by atoms with Crippen LogP contribution >= 0.6 is 0 Å². The second-order valence-electron chi connectivity index (χ2n) is 7.29. The predicted octanol–water partition coefficient (Wildman–Crippen LogP) is 4.25. The van der Waals surface area contributed by atoms with E-state index >= 15 is 0 Å². The first-order valence-corrected chi connectivity index (χ1v) is 7.80. The number of aromatic amines is 1. The molecule has 0 spiro atoms. The molecule has 2 heterocycles. The molecule has 1 aromatic heterocycles. The van der Waals surface area contributed by atoms with E-state index in [0.29, 0.717) is 5.69 Å². The Bertz CT molecular complexity index is 662. The summed E-state index contributed by atoms with van der Waals surface area (Å²) in [7, 11) is -1.34. The van der Waals surface area contributed by atoms with Gasteiger partial charge in [-0.15, -0.1) is 0 Å². The Balaban J connectivity index is 1.95. The largest absolute Gasteiger partial charge is 0.525 e. The van der Waals surface area contributed by atoms with Crippen LogP contribution in [0.4, 0.5) is 17.6 Å². The molecule has 0 unspecified atom stereocenters. The van der Waals surface area contributed by atoms with Crippen LogP contribution in [0.1, 0.15) is 63.4 Å². The normalized spacial score (nSPS) is 23.8. The highest BCUT2D eigenvalue weighted by molar-refractivity contribution is 6.54. The third-order valence-electron chi connectivity index (χ3n) is 4.85. The van der Waals surface area contributed by atoms with Gasteiger partial charge in [0.15, 0.2) is 5.69 Å². The molecule has 1 aliphatic carbocycles. The van der Waals surface area contributed by atoms with E-state index in [9.17, 15) is 17.6 Å². The molecular formula is C15H19BF4N2O2. The molecule has 1 N–H and O–H groups in total. The fraction of sp³-hybridized carbons (Fsp3) is 0.667. The van der Waals surface area contributed by atoms with Crippen molar-refractivity contribution in [2.45, 2.75) is 63.8 Å². The van der Waals surface area contributed by atoms with Crippen LogP contribution in [0.3, 0.4) is 0 Å². The van der Waals surface area contributed by atoms with Gasteiger partial charge in [-0.25, -0.2) is 4.39 Å². The van der Waals surface area contributed by atoms with Gasteiger partial charge in [-0.3, -0.25) is 5.10 Å². The molecule has 1 aliphatic heterocycles. The number of hydrogen-bond acceptors (Lipinski definition) is 3. The number of hydrogen-bond donors (Lipinski definition) is 1. The van der Waals surface area contributed by atoms with E-state index in [1.165, 1.54) is 0 Å². The number of H-pyrrole nitrogens is 1. The first-order valence-electron chi connectivity index (χ1n) is 7.80. The van der Waals surface area contributed by atoms with Crippen LogP contribution in [0.2, 0.25) is 0 Å². The quantitative estimate of drug-likeness (QED) is 0.658. The summed E-state index contributed by atoms with van der Waals surface area (Å²) in [6, 6.07) is 0. The molecule has 1 aromatic rings. The lowest BCUT2D eigenvalue weighted by molar-refractivity contribution is -0.141. The number of halogens is 4. The molecule has 0 radical (unpaired) electrons. The average molecular weight is 346 g/mol. The summed E-state index contributed by atoms with van der Waals surface area (Å²) < 4.78 is 65.0. The lowest BCUT2D eigenvalue weighted by Crippen LogP contribution is -2.41. The van der Waals surface area contributed by atoms with Gasteiger partial charge in [0.1, 0.15) is 5.73 Å². The Hall–Kier alpha value is -1.35. The summed E-state index contributed by atoms with van der Waals surface area (Å²) in [4.78, 5) is 0. The third-order valence-corrected chi connectivity index (χ3v) is 4.85. The molecule has 2 aliphatic rings. The Morgan fingerprint density at radius 1 is 1.21 bits per heavy atom. The van der Waals surface area contributed by atoms with Gasteiger partial charge in [-0.05, 0) is 46.6 Å². The maximum absolute atomic E-state index is 14.6. The highest BCUT2D eigenvalue weighted by Crippen LogP contribution is 2.45. The zero-order chi connectivity index (χ0) is 17.9. The van der Waals surface area contributed by atoms with Gasteiger partial charge >= 0.3 is 13.3 Å². The van der Waals surface area contributed by atoms with Crippen LogP contribution in [0.25, 0.3) is 6.08 Å². The average Bonchev–Trinajstić information content (AvgIpc) is 3.12. The summed E-state index contributed by atoms with van der Waals surface area (Å²) in [5, 5.41) is 5.75. The van der Waals surface area contributed by atoms with Crippen molar-refractivity contribution < 1.29 is 26.9 Å². The summed E-state index contributed by atoms with van der Waals surface area (Å²) in [5.41, 5.74) is -3.51. The Morgan fingerprint density at radius 2 is 1.75 bits per heavy atom. The van der Waals surface area contributed by atoms with Gasteiger partial charge in [-0.1, -0.05) is 0 Å². The van der Waals surface area contributed by atoms with E-state index in [4.69, 9.17) is 9.31 Å². The lowest BCUT2D eigenvalue weighted by Gasteiger charge is -2.32. The topological polar surface area (TPSA) is 47.1 Å². The number of nitrogens with zero attached hydrogens (tertiary/aromatic N) is 1. The summed E-state index contributed by atoms with van der Waals surface area (Å²) in [6.45, 7) is 6.98. The Labute approximate surface area is 137 Å². The molecule has 0 amide bonds. The molecule has 0 bridgehead atoms. The molecule has 3 rings (SSSR count). The maximum Gasteiger partial charge on any atom is 0.525 e. The molecule has 0 aromatic carbocycles. The van der Waals surface area contributed by atoms with Gasteiger partial charge in [0.2, 0.25) is 0 Å². The van der Waals surface area contributed by atoms with Gasteiger partial charge in [0.05, 0.1) is 11.2 Å². The second-order valence-corrected chi connectivity index (χ2v) is 7.29. The highest BCUT2D eigenvalue weighted by Gasteiger charge is 2.53. The van der Waals surface area contributed by atoms with Crippen LogP contribution in [0.5, 0.6) is 0 Å². The summed E-state index contributed by atoms with van der Waals surface area (Å²) in [5.74, 6) is -0.0362. The smallest absolute Gasteiger partial charge is 0.398 e. The van der Waals surface area contributed by atoms with Gasteiger partial charge in [0, 0.05) is 17.2 Å². The summed E-state index contributed by atoms with van der Waals surface area (Å²) in [6.07, 6.45) is -2.30. The summed E-state index contributed by atoms with van der Waals surface area (Å²) >= 11 is 0. The number of nitrogens with one attached hydrogen (secondary N) is 1. The van der Waals surface area contributed by atoms with E-state index in [1.54, 1.807) is 27.7 Å². The molecule has 4 nitrogen and oxygen atoms in total. The van der Waals surface area contributed by atoms with Crippen molar-refractivity contribution in [2.75, 3.05) is 0 Å². The van der Waals surface area contributed by atoms with E-state index < -0.39 is 35.9 Å². The van der Waals surface area contributed by atoms with Crippen molar-refractivity contribution in [3.63, 3.8) is 0 Å². The lowest BCUT2D eigenvalue weighted by atomic mass is 9.86. The maximum atomic E-state index is 14.6. The van der Waals surface area contributed by atoms with Gasteiger partial charge < -0.3 is 9.31 Å². The van der Waals surface area contributed by atoms with E-state index in [2.05, 4.69) is 10.2 Å². The van der Waals surface area contributed by atoms with E-state index in [-0.39, 0.29) is 11.5 Å². The highest BCUT2D eigenvalue weighted by atomic mass is 19.4. The van der Waals surface area contributed by atoms with Crippen LogP contribution in [-0.4, -0.2) is 28.5 Å². The molecular weight excluding hydrogens is 327 g/mol. The molecule has 0 atom stereocenters. The van der Waals surface area contributed by atoms with Crippen molar-refractivity contribution in [3.8, 4) is 0 Å². The number of aromatic nitrogens is 2. The number of rotatable bonds is 3. The zero-order valence-electron chi connectivity index (χ0n) is 13.9. The van der Waals surface area contributed by atoms with Gasteiger partial charge in [0.25, 0.3) is 0 Å². The molecule has 2 fully saturated rings. The molecule has 1 saturated carbocycles. The van der Waals surface area contributed by atoms with Crippen molar-refractivity contribution in [1.82, 2.24) is 10.2 Å². The zero-order valence-corrected chi connectivity index (χ0v) is 13.9. The van der Waals surface area contributed by atoms with Crippen molar-refractivity contribution in [3.05, 3.63) is 22.7 Å². The minimum atomic E-state index is -4.66. The fourth-order valence-electron chi connectivity index (χ4n) is 2.57. The van der Waals surface area contributed by atoms with Gasteiger partial charge in [-0.2, -0.15) is 18.3 Å². The standard InChI is InChI=1S/C15H19BF4N2O2/c1-13(2)14(3,4)24-16(23-13)10(17)7-9-11(8-5-6-8)21-22-12(9)15(18,19)20/h7-8H,5-6H2,1-4H3,(H,21,22). The molecule has 9 heteroatoms. The third kappa shape index (κ3) is 2.99. The molecule has 132 valence electrons. The monoisotopic (exact) mass is 346 g/mol. The second kappa shape index (κ2) is 5.32. The molecule has 24 heavy (non-hydrogen) atoms. The van der Waals surface area contributed by atoms with Crippen LogP contribution in [-0.2, 0) is 15.5 Å². The van der Waals surface area contributed by atoms with E-state index in [0.717, 1.165) is 18.9 Å². The number of alkyl halides is 3. The minimum Gasteiger partial charge on any atom is -0.398 e. The first kappa shape index (κ1) is 17.5. The first-order chi connectivity index (χ1) is 10.9. The molecule has 1 saturated heterocycles. The van der Waals surface area contributed by atoms with E-state index in [1.807, 2.05) is 0 Å². The van der Waals surface area contributed by atoms with Crippen molar-refractivity contribution in [1.29, 1.82) is 0 Å². The minimum absolute atomic E-state index is 0.0362. The van der Waals surface area contributed by atoms with Crippen molar-refractivity contribution in [2.24, 2.45) is 0 Å². The Morgan fingerprint density at radius 3 is 2.21 bits per heavy atom. The fourth-order valence-corrected chi connectivity index (χ4v) is 2.57. The van der Waals surface area contributed by atoms with Crippen LogP contribution in [0, 0.1) is 0 Å². The predicted molar refractivity (Wildman–Crippen MR) is 80.7 cm³/mol. The van der Waals surface area contributed by atoms with Crippen LogP contribution < -0.4 is 0 Å². The SMILES string of the molecule is CC1(C)OB(C(F)=Cc2c(C(F)(F)F)n[nH]c2C2CC2)OC1(C)C. The Kier molecular flexibility index (Phi) is 3.88. The van der Waals surface area contributed by atoms with Crippen molar-refractivity contribution >= 4 is 13.2 Å².